The van der Waals surface area contributed by atoms with Gasteiger partial charge in [0, 0.05) is 6.54 Å². The van der Waals surface area contributed by atoms with Gasteiger partial charge in [-0.3, -0.25) is 4.79 Å². The van der Waals surface area contributed by atoms with E-state index in [-0.39, 0.29) is 29.6 Å². The molecule has 3 N–H and O–H groups in total. The lowest BCUT2D eigenvalue weighted by molar-refractivity contribution is -0.120. The fraction of sp³-hybridized carbons (Fsp3) is 0.467. The van der Waals surface area contributed by atoms with Crippen LogP contribution < -0.4 is 11.1 Å². The molecule has 1 aromatic carbocycles. The van der Waals surface area contributed by atoms with Crippen molar-refractivity contribution in [2.24, 2.45) is 17.6 Å². The molecule has 0 saturated heterocycles. The van der Waals surface area contributed by atoms with Gasteiger partial charge >= 0.3 is 5.97 Å². The van der Waals surface area contributed by atoms with Gasteiger partial charge in [0.1, 0.15) is 5.82 Å². The van der Waals surface area contributed by atoms with Gasteiger partial charge in [-0.1, -0.05) is 13.8 Å². The lowest BCUT2D eigenvalue weighted by Crippen LogP contribution is -2.31. The molecule has 21 heavy (non-hydrogen) atoms. The van der Waals surface area contributed by atoms with E-state index >= 15 is 0 Å². The summed E-state index contributed by atoms with van der Waals surface area (Å²) < 4.78 is 17.8. The van der Waals surface area contributed by atoms with Gasteiger partial charge < -0.3 is 15.8 Å². The van der Waals surface area contributed by atoms with Gasteiger partial charge in [-0.15, -0.1) is 0 Å². The van der Waals surface area contributed by atoms with Crippen molar-refractivity contribution in [1.29, 1.82) is 0 Å². The Morgan fingerprint density at radius 2 is 2.05 bits per heavy atom. The minimum atomic E-state index is -0.710. The summed E-state index contributed by atoms with van der Waals surface area (Å²) in [6, 6.07) is 3.53. The summed E-state index contributed by atoms with van der Waals surface area (Å²) in [7, 11) is 1.19. The number of ether oxygens (including phenoxy) is 1. The molecule has 116 valence electrons. The van der Waals surface area contributed by atoms with Gasteiger partial charge in [-0.2, -0.15) is 0 Å². The van der Waals surface area contributed by atoms with Crippen molar-refractivity contribution in [3.05, 3.63) is 29.6 Å². The third-order valence-corrected chi connectivity index (χ3v) is 3.06. The molecule has 0 aliphatic heterocycles. The van der Waals surface area contributed by atoms with Crippen LogP contribution in [0.5, 0.6) is 0 Å². The number of nitrogens with one attached hydrogen (secondary N) is 1. The highest BCUT2D eigenvalue weighted by Crippen LogP contribution is 2.20. The summed E-state index contributed by atoms with van der Waals surface area (Å²) in [4.78, 5) is 23.8. The highest BCUT2D eigenvalue weighted by molar-refractivity contribution is 6.01. The number of benzene rings is 1. The molecule has 1 rings (SSSR count). The summed E-state index contributed by atoms with van der Waals surface area (Å²) in [5.74, 6) is -1.62. The minimum Gasteiger partial charge on any atom is -0.465 e. The van der Waals surface area contributed by atoms with Crippen LogP contribution in [0, 0.1) is 17.7 Å². The number of hydrogen-bond donors (Lipinski definition) is 2. The summed E-state index contributed by atoms with van der Waals surface area (Å²) in [6.45, 7) is 4.19. The van der Waals surface area contributed by atoms with E-state index in [1.807, 2.05) is 13.8 Å². The Labute approximate surface area is 123 Å². The molecule has 5 nitrogen and oxygen atoms in total. The van der Waals surface area contributed by atoms with Gasteiger partial charge in [0.25, 0.3) is 0 Å². The maximum Gasteiger partial charge on any atom is 0.340 e. The first kappa shape index (κ1) is 17.1. The molecular weight excluding hydrogens is 275 g/mol. The number of amides is 1. The van der Waals surface area contributed by atoms with Crippen LogP contribution in [-0.4, -0.2) is 25.5 Å². The summed E-state index contributed by atoms with van der Waals surface area (Å²) in [5, 5.41) is 2.62. The van der Waals surface area contributed by atoms with Gasteiger partial charge in [0.2, 0.25) is 5.91 Å². The molecule has 1 aromatic rings. The van der Waals surface area contributed by atoms with Crippen molar-refractivity contribution in [3.8, 4) is 0 Å². The SMILES string of the molecule is COC(=O)c1cc(F)ccc1NC(=O)C(CN)CC(C)C. The molecule has 0 aliphatic rings. The first-order valence-corrected chi connectivity index (χ1v) is 6.77. The normalized spacial score (nSPS) is 12.1. The largest absolute Gasteiger partial charge is 0.465 e. The minimum absolute atomic E-state index is 0.0221. The number of esters is 1. The third kappa shape index (κ3) is 4.82. The molecule has 0 aliphatic carbocycles. The molecule has 1 atom stereocenters. The molecule has 0 radical (unpaired) electrons. The van der Waals surface area contributed by atoms with Crippen LogP contribution in [0.3, 0.4) is 0 Å². The molecule has 0 heterocycles. The molecule has 1 unspecified atom stereocenters. The van der Waals surface area contributed by atoms with Crippen LogP contribution in [0.25, 0.3) is 0 Å². The van der Waals surface area contributed by atoms with Crippen molar-refractivity contribution in [3.63, 3.8) is 0 Å². The number of nitrogens with two attached hydrogens (primary N) is 1. The van der Waals surface area contributed by atoms with E-state index in [9.17, 15) is 14.0 Å². The molecule has 0 spiro atoms. The van der Waals surface area contributed by atoms with E-state index < -0.39 is 11.8 Å². The highest BCUT2D eigenvalue weighted by Gasteiger charge is 2.21. The zero-order valence-electron chi connectivity index (χ0n) is 12.5. The molecule has 0 saturated carbocycles. The quantitative estimate of drug-likeness (QED) is 0.788. The van der Waals surface area contributed by atoms with E-state index in [0.29, 0.717) is 12.3 Å². The average Bonchev–Trinajstić information content (AvgIpc) is 2.45. The zero-order valence-corrected chi connectivity index (χ0v) is 12.5. The predicted octanol–water partition coefficient (Wildman–Crippen LogP) is 2.17. The summed E-state index contributed by atoms with van der Waals surface area (Å²) >= 11 is 0. The number of hydrogen-bond acceptors (Lipinski definition) is 4. The summed E-state index contributed by atoms with van der Waals surface area (Å²) in [6.07, 6.45) is 0.636. The molecule has 1 amide bonds. The van der Waals surface area contributed by atoms with Crippen molar-refractivity contribution >= 4 is 17.6 Å². The van der Waals surface area contributed by atoms with Crippen LogP contribution in [0.2, 0.25) is 0 Å². The van der Waals surface area contributed by atoms with Gasteiger partial charge in [0.15, 0.2) is 0 Å². The van der Waals surface area contributed by atoms with E-state index in [1.54, 1.807) is 0 Å². The number of rotatable bonds is 6. The molecule has 6 heteroatoms. The molecule has 0 fully saturated rings. The maximum atomic E-state index is 13.2. The molecular formula is C15H21FN2O3. The van der Waals surface area contributed by atoms with Gasteiger partial charge in [-0.05, 0) is 30.5 Å². The van der Waals surface area contributed by atoms with Crippen molar-refractivity contribution in [1.82, 2.24) is 0 Å². The maximum absolute atomic E-state index is 13.2. The van der Waals surface area contributed by atoms with Gasteiger partial charge in [0.05, 0.1) is 24.3 Å². The second-order valence-corrected chi connectivity index (χ2v) is 5.23. The Morgan fingerprint density at radius 1 is 1.38 bits per heavy atom. The first-order valence-electron chi connectivity index (χ1n) is 6.77. The first-order chi connectivity index (χ1) is 9.88. The van der Waals surface area contributed by atoms with Crippen molar-refractivity contribution < 1.29 is 18.7 Å². The second-order valence-electron chi connectivity index (χ2n) is 5.23. The van der Waals surface area contributed by atoms with E-state index in [0.717, 1.165) is 6.07 Å². The Hall–Kier alpha value is -1.95. The lowest BCUT2D eigenvalue weighted by Gasteiger charge is -2.18. The van der Waals surface area contributed by atoms with Crippen LogP contribution in [0.15, 0.2) is 18.2 Å². The Kier molecular flexibility index (Phi) is 6.30. The number of halogens is 1. The highest BCUT2D eigenvalue weighted by atomic mass is 19.1. The Bertz CT molecular complexity index is 518. The van der Waals surface area contributed by atoms with Crippen LogP contribution >= 0.6 is 0 Å². The number of carbonyl (C=O) groups excluding carboxylic acids is 2. The fourth-order valence-electron chi connectivity index (χ4n) is 2.02. The predicted molar refractivity (Wildman–Crippen MR) is 78.4 cm³/mol. The number of anilines is 1. The van der Waals surface area contributed by atoms with E-state index in [2.05, 4.69) is 10.1 Å². The Balaban J connectivity index is 2.96. The third-order valence-electron chi connectivity index (χ3n) is 3.06. The molecule has 0 aromatic heterocycles. The van der Waals surface area contributed by atoms with E-state index in [4.69, 9.17) is 5.73 Å². The topological polar surface area (TPSA) is 81.4 Å². The standard InChI is InChI=1S/C15H21FN2O3/c1-9(2)6-10(8-17)14(19)18-13-5-4-11(16)7-12(13)15(20)21-3/h4-5,7,9-10H,6,8,17H2,1-3H3,(H,18,19). The lowest BCUT2D eigenvalue weighted by atomic mass is 9.96. The average molecular weight is 296 g/mol. The van der Waals surface area contributed by atoms with Gasteiger partial charge in [-0.25, -0.2) is 9.18 Å². The second kappa shape index (κ2) is 7.73. The van der Waals surface area contributed by atoms with E-state index in [1.165, 1.54) is 19.2 Å². The number of methoxy groups -OCH3 is 1. The van der Waals surface area contributed by atoms with Crippen LogP contribution in [-0.2, 0) is 9.53 Å². The fourth-order valence-corrected chi connectivity index (χ4v) is 2.02. The number of carbonyl (C=O) groups is 2. The summed E-state index contributed by atoms with van der Waals surface area (Å²) in [5.41, 5.74) is 5.81. The zero-order chi connectivity index (χ0) is 16.0. The monoisotopic (exact) mass is 296 g/mol. The van der Waals surface area contributed by atoms with Crippen LogP contribution in [0.1, 0.15) is 30.6 Å². The smallest absolute Gasteiger partial charge is 0.340 e. The Morgan fingerprint density at radius 3 is 2.57 bits per heavy atom. The van der Waals surface area contributed by atoms with Crippen molar-refractivity contribution in [2.75, 3.05) is 19.0 Å². The molecule has 0 bridgehead atoms. The van der Waals surface area contributed by atoms with Crippen molar-refractivity contribution in [2.45, 2.75) is 20.3 Å². The van der Waals surface area contributed by atoms with Crippen LogP contribution in [0.4, 0.5) is 10.1 Å².